The van der Waals surface area contributed by atoms with E-state index in [-0.39, 0.29) is 22.8 Å². The molecule has 19 heavy (non-hydrogen) atoms. The minimum absolute atomic E-state index is 0.0969. The normalized spacial score (nSPS) is 18.3. The van der Waals surface area contributed by atoms with Crippen LogP contribution < -0.4 is 15.2 Å². The van der Waals surface area contributed by atoms with Crippen molar-refractivity contribution in [1.82, 2.24) is 0 Å². The highest BCUT2D eigenvalue weighted by atomic mass is 19.3. The second-order valence-electron chi connectivity index (χ2n) is 5.04. The van der Waals surface area contributed by atoms with Crippen molar-refractivity contribution < 1.29 is 18.3 Å². The van der Waals surface area contributed by atoms with Crippen LogP contribution >= 0.6 is 0 Å². The van der Waals surface area contributed by atoms with E-state index in [1.165, 1.54) is 26.4 Å². The maximum Gasteiger partial charge on any atom is 0.267 e. The van der Waals surface area contributed by atoms with Crippen LogP contribution in [0, 0.1) is 0 Å². The molecule has 1 saturated carbocycles. The number of benzene rings is 1. The molecule has 3 nitrogen and oxygen atoms in total. The molecule has 0 radical (unpaired) electrons. The van der Waals surface area contributed by atoms with E-state index in [1.54, 1.807) is 0 Å². The summed E-state index contributed by atoms with van der Waals surface area (Å²) in [5, 5.41) is 0. The van der Waals surface area contributed by atoms with E-state index in [9.17, 15) is 8.78 Å². The van der Waals surface area contributed by atoms with Crippen LogP contribution in [0.2, 0.25) is 0 Å². The predicted molar refractivity (Wildman–Crippen MR) is 69.1 cm³/mol. The third-order valence-corrected chi connectivity index (χ3v) is 3.98. The quantitative estimate of drug-likeness (QED) is 0.895. The van der Waals surface area contributed by atoms with Crippen molar-refractivity contribution in [3.05, 3.63) is 23.3 Å². The first-order valence-electron chi connectivity index (χ1n) is 6.26. The number of rotatable bonds is 5. The van der Waals surface area contributed by atoms with Crippen molar-refractivity contribution in [2.24, 2.45) is 5.73 Å². The number of halogens is 2. The van der Waals surface area contributed by atoms with Crippen LogP contribution in [0.25, 0.3) is 0 Å². The van der Waals surface area contributed by atoms with Crippen LogP contribution in [0.15, 0.2) is 12.1 Å². The molecular formula is C14H19F2NO2. The van der Waals surface area contributed by atoms with Crippen LogP contribution in [0.5, 0.6) is 11.5 Å². The number of methoxy groups -OCH3 is 2. The molecule has 0 saturated heterocycles. The number of nitrogens with two attached hydrogens (primary N) is 1. The largest absolute Gasteiger partial charge is 0.496 e. The van der Waals surface area contributed by atoms with Gasteiger partial charge in [0.05, 0.1) is 19.8 Å². The zero-order valence-electron chi connectivity index (χ0n) is 11.4. The molecule has 106 valence electrons. The number of hydrogen-bond acceptors (Lipinski definition) is 3. The first-order valence-corrected chi connectivity index (χ1v) is 6.26. The van der Waals surface area contributed by atoms with Crippen LogP contribution in [0.1, 0.15) is 37.3 Å². The highest BCUT2D eigenvalue weighted by Crippen LogP contribution is 2.54. The summed E-state index contributed by atoms with van der Waals surface area (Å²) in [7, 11) is 2.90. The lowest BCUT2D eigenvalue weighted by molar-refractivity contribution is 0.146. The van der Waals surface area contributed by atoms with Crippen LogP contribution in [0.4, 0.5) is 8.78 Å². The maximum atomic E-state index is 13.1. The number of ether oxygens (including phenoxy) is 2. The Morgan fingerprint density at radius 1 is 1.16 bits per heavy atom. The monoisotopic (exact) mass is 271 g/mol. The zero-order valence-corrected chi connectivity index (χ0v) is 11.4. The van der Waals surface area contributed by atoms with E-state index in [2.05, 4.69) is 0 Å². The molecule has 0 aromatic heterocycles. The summed E-state index contributed by atoms with van der Waals surface area (Å²) in [6, 6.07) is 2.91. The van der Waals surface area contributed by atoms with E-state index in [1.807, 2.05) is 6.92 Å². The Morgan fingerprint density at radius 3 is 2.11 bits per heavy atom. The average molecular weight is 271 g/mol. The molecular weight excluding hydrogens is 252 g/mol. The molecule has 2 N–H and O–H groups in total. The van der Waals surface area contributed by atoms with Gasteiger partial charge in [0.1, 0.15) is 11.5 Å². The second kappa shape index (κ2) is 4.96. The standard InChI is InChI=1S/C14H19F2NO2/c1-8(17)14(4-5-14)10-6-9(13(15)16)11(18-2)7-12(10)19-3/h6-8,13H,4-5,17H2,1-3H3. The SMILES string of the molecule is COc1cc(OC)c(C2(C(C)N)CC2)cc1C(F)F. The summed E-state index contributed by atoms with van der Waals surface area (Å²) in [4.78, 5) is 0. The van der Waals surface area contributed by atoms with Gasteiger partial charge in [-0.3, -0.25) is 0 Å². The fourth-order valence-electron chi connectivity index (χ4n) is 2.59. The molecule has 0 spiro atoms. The van der Waals surface area contributed by atoms with Gasteiger partial charge in [-0.15, -0.1) is 0 Å². The smallest absolute Gasteiger partial charge is 0.267 e. The Kier molecular flexibility index (Phi) is 3.67. The minimum atomic E-state index is -2.58. The molecule has 1 atom stereocenters. The van der Waals surface area contributed by atoms with Gasteiger partial charge in [-0.1, -0.05) is 0 Å². The Hall–Kier alpha value is -1.36. The number of hydrogen-bond donors (Lipinski definition) is 1. The lowest BCUT2D eigenvalue weighted by Crippen LogP contribution is -2.32. The van der Waals surface area contributed by atoms with Gasteiger partial charge in [0.15, 0.2) is 0 Å². The number of alkyl halides is 2. The van der Waals surface area contributed by atoms with E-state index < -0.39 is 6.43 Å². The summed E-state index contributed by atoms with van der Waals surface area (Å²) in [6.07, 6.45) is -0.782. The first kappa shape index (κ1) is 14.1. The molecule has 1 aliphatic rings. The van der Waals surface area contributed by atoms with Gasteiger partial charge >= 0.3 is 0 Å². The van der Waals surface area contributed by atoms with E-state index in [0.717, 1.165) is 18.4 Å². The van der Waals surface area contributed by atoms with Crippen LogP contribution in [-0.2, 0) is 5.41 Å². The molecule has 2 rings (SSSR count). The van der Waals surface area contributed by atoms with Gasteiger partial charge in [0.2, 0.25) is 0 Å². The lowest BCUT2D eigenvalue weighted by Gasteiger charge is -2.24. The molecule has 0 aliphatic heterocycles. The summed E-state index contributed by atoms with van der Waals surface area (Å²) >= 11 is 0. The maximum absolute atomic E-state index is 13.1. The molecule has 0 bridgehead atoms. The molecule has 0 heterocycles. The van der Waals surface area contributed by atoms with Crippen molar-refractivity contribution in [2.45, 2.75) is 37.6 Å². The van der Waals surface area contributed by atoms with Gasteiger partial charge in [0.25, 0.3) is 6.43 Å². The van der Waals surface area contributed by atoms with Crippen molar-refractivity contribution in [3.63, 3.8) is 0 Å². The Balaban J connectivity index is 2.57. The fourth-order valence-corrected chi connectivity index (χ4v) is 2.59. The van der Waals surface area contributed by atoms with E-state index in [0.29, 0.717) is 5.75 Å². The lowest BCUT2D eigenvalue weighted by atomic mass is 9.87. The highest BCUT2D eigenvalue weighted by Gasteiger charge is 2.49. The first-order chi connectivity index (χ1) is 8.96. The molecule has 1 aromatic rings. The fraction of sp³-hybridized carbons (Fsp3) is 0.571. The van der Waals surface area contributed by atoms with Gasteiger partial charge < -0.3 is 15.2 Å². The van der Waals surface area contributed by atoms with E-state index in [4.69, 9.17) is 15.2 Å². The predicted octanol–water partition coefficient (Wildman–Crippen LogP) is 3.02. The van der Waals surface area contributed by atoms with Crippen molar-refractivity contribution in [3.8, 4) is 11.5 Å². The van der Waals surface area contributed by atoms with Gasteiger partial charge in [-0.05, 0) is 25.8 Å². The molecule has 0 amide bonds. The molecule has 1 aromatic carbocycles. The second-order valence-corrected chi connectivity index (χ2v) is 5.04. The van der Waals surface area contributed by atoms with Crippen molar-refractivity contribution >= 4 is 0 Å². The van der Waals surface area contributed by atoms with Crippen molar-refractivity contribution in [2.75, 3.05) is 14.2 Å². The Morgan fingerprint density at radius 2 is 1.74 bits per heavy atom. The van der Waals surface area contributed by atoms with Crippen LogP contribution in [0.3, 0.4) is 0 Å². The summed E-state index contributed by atoms with van der Waals surface area (Å²) in [5.41, 5.74) is 6.43. The average Bonchev–Trinajstić information content (AvgIpc) is 3.18. The summed E-state index contributed by atoms with van der Waals surface area (Å²) in [6.45, 7) is 1.90. The molecule has 1 aliphatic carbocycles. The Bertz CT molecular complexity index is 471. The molecule has 1 unspecified atom stereocenters. The summed E-state index contributed by atoms with van der Waals surface area (Å²) < 4.78 is 36.5. The topological polar surface area (TPSA) is 44.5 Å². The molecule has 1 fully saturated rings. The summed E-state index contributed by atoms with van der Waals surface area (Å²) in [5.74, 6) is 0.715. The third-order valence-electron chi connectivity index (χ3n) is 3.98. The molecule has 5 heteroatoms. The van der Waals surface area contributed by atoms with Gasteiger partial charge in [-0.25, -0.2) is 8.78 Å². The zero-order chi connectivity index (χ0) is 14.2. The van der Waals surface area contributed by atoms with Gasteiger partial charge in [0, 0.05) is 23.1 Å². The van der Waals surface area contributed by atoms with Crippen molar-refractivity contribution in [1.29, 1.82) is 0 Å². The van der Waals surface area contributed by atoms with Crippen LogP contribution in [-0.4, -0.2) is 20.3 Å². The third kappa shape index (κ3) is 2.27. The Labute approximate surface area is 111 Å². The minimum Gasteiger partial charge on any atom is -0.496 e. The highest BCUT2D eigenvalue weighted by molar-refractivity contribution is 5.53. The van der Waals surface area contributed by atoms with Gasteiger partial charge in [-0.2, -0.15) is 0 Å². The van der Waals surface area contributed by atoms with E-state index >= 15 is 0 Å².